The molecule has 0 radical (unpaired) electrons. The van der Waals surface area contributed by atoms with Crippen molar-refractivity contribution in [3.05, 3.63) is 48.7 Å². The normalized spacial score (nSPS) is 15.8. The Bertz CT molecular complexity index is 818. The molecule has 0 amide bonds. The van der Waals surface area contributed by atoms with E-state index < -0.39 is 0 Å². The van der Waals surface area contributed by atoms with E-state index in [-0.39, 0.29) is 0 Å². The lowest BCUT2D eigenvalue weighted by atomic mass is 9.89. The number of nitrogens with zero attached hydrogens (tertiary/aromatic N) is 2. The highest BCUT2D eigenvalue weighted by Gasteiger charge is 2.19. The van der Waals surface area contributed by atoms with Gasteiger partial charge >= 0.3 is 0 Å². The van der Waals surface area contributed by atoms with Gasteiger partial charge in [-0.15, -0.1) is 0 Å². The molecule has 2 heterocycles. The standard InChI is InChI=1S/C19H22BN3/c20-16-11-5-4-10-15(16)18-19(21-14-8-2-1-3-9-14)23-13-7-6-12-17(23)22-18/h4-7,10-14,21H,1-3,8-9,20H2. The summed E-state index contributed by atoms with van der Waals surface area (Å²) < 4.78 is 2.19. The molecule has 2 aromatic heterocycles. The minimum atomic E-state index is 0.562. The molecule has 0 aliphatic heterocycles. The van der Waals surface area contributed by atoms with Crippen molar-refractivity contribution >= 4 is 24.8 Å². The van der Waals surface area contributed by atoms with E-state index in [1.54, 1.807) is 0 Å². The molecule has 116 valence electrons. The lowest BCUT2D eigenvalue weighted by Gasteiger charge is -2.24. The molecule has 1 aliphatic carbocycles. The number of anilines is 1. The quantitative estimate of drug-likeness (QED) is 0.754. The van der Waals surface area contributed by atoms with Crippen LogP contribution in [0.1, 0.15) is 32.1 Å². The SMILES string of the molecule is Bc1ccccc1-c1nc2ccccn2c1NC1CCCCC1. The van der Waals surface area contributed by atoms with E-state index in [1.807, 2.05) is 6.07 Å². The maximum atomic E-state index is 4.91. The monoisotopic (exact) mass is 303 g/mol. The van der Waals surface area contributed by atoms with Gasteiger partial charge in [-0.05, 0) is 30.5 Å². The first kappa shape index (κ1) is 14.4. The highest BCUT2D eigenvalue weighted by molar-refractivity contribution is 6.36. The number of hydrogen-bond acceptors (Lipinski definition) is 2. The molecule has 0 unspecified atom stereocenters. The van der Waals surface area contributed by atoms with Gasteiger partial charge in [0, 0.05) is 12.2 Å². The van der Waals surface area contributed by atoms with Gasteiger partial charge in [-0.2, -0.15) is 0 Å². The third-order valence-corrected chi connectivity index (χ3v) is 4.88. The Morgan fingerprint density at radius 3 is 2.61 bits per heavy atom. The van der Waals surface area contributed by atoms with Gasteiger partial charge in [-0.25, -0.2) is 4.98 Å². The summed E-state index contributed by atoms with van der Waals surface area (Å²) in [5.41, 5.74) is 4.56. The molecule has 1 aliphatic rings. The van der Waals surface area contributed by atoms with Crippen LogP contribution in [-0.2, 0) is 0 Å². The fourth-order valence-corrected chi connectivity index (χ4v) is 3.60. The Labute approximate surface area is 138 Å². The minimum Gasteiger partial charge on any atom is -0.367 e. The maximum absolute atomic E-state index is 4.91. The van der Waals surface area contributed by atoms with E-state index in [4.69, 9.17) is 4.98 Å². The van der Waals surface area contributed by atoms with Crippen molar-refractivity contribution < 1.29 is 0 Å². The second-order valence-electron chi connectivity index (χ2n) is 6.53. The van der Waals surface area contributed by atoms with E-state index in [1.165, 1.54) is 43.1 Å². The van der Waals surface area contributed by atoms with Crippen molar-refractivity contribution in [3.63, 3.8) is 0 Å². The van der Waals surface area contributed by atoms with Crippen molar-refractivity contribution in [2.75, 3.05) is 5.32 Å². The van der Waals surface area contributed by atoms with Gasteiger partial charge in [0.05, 0.1) is 0 Å². The van der Waals surface area contributed by atoms with Gasteiger partial charge in [0.1, 0.15) is 25.0 Å². The fourth-order valence-electron chi connectivity index (χ4n) is 3.60. The van der Waals surface area contributed by atoms with E-state index in [9.17, 15) is 0 Å². The van der Waals surface area contributed by atoms with Gasteiger partial charge in [-0.1, -0.05) is 55.1 Å². The van der Waals surface area contributed by atoms with E-state index in [0.717, 1.165) is 17.2 Å². The molecule has 1 saturated carbocycles. The van der Waals surface area contributed by atoms with Gasteiger partial charge in [0.2, 0.25) is 0 Å². The zero-order valence-electron chi connectivity index (χ0n) is 13.6. The van der Waals surface area contributed by atoms with Gasteiger partial charge in [0.25, 0.3) is 0 Å². The molecule has 4 rings (SSSR count). The zero-order valence-corrected chi connectivity index (χ0v) is 13.6. The molecule has 23 heavy (non-hydrogen) atoms. The lowest BCUT2D eigenvalue weighted by molar-refractivity contribution is 0.462. The summed E-state index contributed by atoms with van der Waals surface area (Å²) in [6.45, 7) is 0. The first-order valence-corrected chi connectivity index (χ1v) is 8.62. The molecular formula is C19H22BN3. The first-order valence-electron chi connectivity index (χ1n) is 8.62. The molecule has 0 saturated heterocycles. The number of pyridine rings is 1. The number of benzene rings is 1. The van der Waals surface area contributed by atoms with Crippen molar-refractivity contribution in [1.29, 1.82) is 0 Å². The lowest BCUT2D eigenvalue weighted by Crippen LogP contribution is -2.23. The van der Waals surface area contributed by atoms with E-state index >= 15 is 0 Å². The first-order chi connectivity index (χ1) is 11.3. The zero-order chi connectivity index (χ0) is 15.6. The summed E-state index contributed by atoms with van der Waals surface area (Å²) >= 11 is 0. The fraction of sp³-hybridized carbons (Fsp3) is 0.316. The Hall–Kier alpha value is -2.23. The summed E-state index contributed by atoms with van der Waals surface area (Å²) in [6.07, 6.45) is 8.65. The summed E-state index contributed by atoms with van der Waals surface area (Å²) in [7, 11) is 2.16. The van der Waals surface area contributed by atoms with Crippen molar-refractivity contribution in [3.8, 4) is 11.3 Å². The predicted molar refractivity (Wildman–Crippen MR) is 99.3 cm³/mol. The number of imidazole rings is 1. The van der Waals surface area contributed by atoms with Crippen molar-refractivity contribution in [1.82, 2.24) is 9.38 Å². The number of aromatic nitrogens is 2. The van der Waals surface area contributed by atoms with E-state index in [2.05, 4.69) is 60.2 Å². The van der Waals surface area contributed by atoms with Crippen LogP contribution in [0, 0.1) is 0 Å². The van der Waals surface area contributed by atoms with Crippen LogP contribution in [0.5, 0.6) is 0 Å². The van der Waals surface area contributed by atoms with Gasteiger partial charge < -0.3 is 5.32 Å². The topological polar surface area (TPSA) is 29.3 Å². The average molecular weight is 303 g/mol. The molecule has 1 N–H and O–H groups in total. The Kier molecular flexibility index (Phi) is 3.82. The predicted octanol–water partition coefficient (Wildman–Crippen LogP) is 3.00. The van der Waals surface area contributed by atoms with Crippen LogP contribution in [0.2, 0.25) is 0 Å². The summed E-state index contributed by atoms with van der Waals surface area (Å²) in [6, 6.07) is 15.3. The summed E-state index contributed by atoms with van der Waals surface area (Å²) in [5, 5.41) is 3.80. The Balaban J connectivity index is 1.83. The molecule has 1 aromatic carbocycles. The molecule has 4 heteroatoms. The largest absolute Gasteiger partial charge is 0.367 e. The van der Waals surface area contributed by atoms with E-state index in [0.29, 0.717) is 6.04 Å². The molecular weight excluding hydrogens is 281 g/mol. The van der Waals surface area contributed by atoms with Crippen LogP contribution in [-0.4, -0.2) is 23.3 Å². The third-order valence-electron chi connectivity index (χ3n) is 4.88. The number of hydrogen-bond donors (Lipinski definition) is 1. The molecule has 3 aromatic rings. The average Bonchev–Trinajstić information content (AvgIpc) is 2.95. The molecule has 0 spiro atoms. The van der Waals surface area contributed by atoms with Gasteiger partial charge in [-0.3, -0.25) is 4.40 Å². The highest BCUT2D eigenvalue weighted by Crippen LogP contribution is 2.30. The summed E-state index contributed by atoms with van der Waals surface area (Å²) in [5.74, 6) is 1.14. The third kappa shape index (κ3) is 2.74. The number of rotatable bonds is 3. The molecule has 1 fully saturated rings. The van der Waals surface area contributed by atoms with Crippen molar-refractivity contribution in [2.45, 2.75) is 38.1 Å². The van der Waals surface area contributed by atoms with Crippen molar-refractivity contribution in [2.24, 2.45) is 0 Å². The maximum Gasteiger partial charge on any atom is 0.140 e. The molecule has 0 bridgehead atoms. The molecule has 3 nitrogen and oxygen atoms in total. The van der Waals surface area contributed by atoms with Crippen LogP contribution in [0.25, 0.3) is 16.9 Å². The van der Waals surface area contributed by atoms with Crippen LogP contribution < -0.4 is 10.8 Å². The van der Waals surface area contributed by atoms with Crippen LogP contribution >= 0.6 is 0 Å². The van der Waals surface area contributed by atoms with Crippen LogP contribution in [0.4, 0.5) is 5.82 Å². The Morgan fingerprint density at radius 1 is 1.00 bits per heavy atom. The Morgan fingerprint density at radius 2 is 1.78 bits per heavy atom. The number of fused-ring (bicyclic) bond motifs is 1. The minimum absolute atomic E-state index is 0.562. The second kappa shape index (κ2) is 6.11. The van der Waals surface area contributed by atoms with Crippen LogP contribution in [0.15, 0.2) is 48.7 Å². The summed E-state index contributed by atoms with van der Waals surface area (Å²) in [4.78, 5) is 4.91. The second-order valence-corrected chi connectivity index (χ2v) is 6.53. The highest BCUT2D eigenvalue weighted by atomic mass is 15.1. The molecule has 0 atom stereocenters. The van der Waals surface area contributed by atoms with Gasteiger partial charge in [0.15, 0.2) is 0 Å². The smallest absolute Gasteiger partial charge is 0.140 e. The number of nitrogens with one attached hydrogen (secondary N) is 1. The van der Waals surface area contributed by atoms with Crippen LogP contribution in [0.3, 0.4) is 0 Å².